The van der Waals surface area contributed by atoms with Gasteiger partial charge >= 0.3 is 0 Å². The summed E-state index contributed by atoms with van der Waals surface area (Å²) in [6, 6.07) is 16.6. The Hall–Kier alpha value is -3.52. The molecule has 3 aromatic carbocycles. The molecular formula is C26H30N2O5S. The fraction of sp³-hybridized carbons (Fsp3) is 0.269. The van der Waals surface area contributed by atoms with Gasteiger partial charge in [0.2, 0.25) is 0 Å². The smallest absolute Gasteiger partial charge is 0.261 e. The Balaban J connectivity index is 1.58. The van der Waals surface area contributed by atoms with Crippen molar-refractivity contribution in [3.63, 3.8) is 0 Å². The fourth-order valence-corrected chi connectivity index (χ4v) is 4.62. The van der Waals surface area contributed by atoms with Crippen LogP contribution in [0.2, 0.25) is 0 Å². The summed E-state index contributed by atoms with van der Waals surface area (Å²) in [6.07, 6.45) is 0. The second-order valence-electron chi connectivity index (χ2n) is 8.18. The first kappa shape index (κ1) is 25.1. The number of carbonyl (C=O) groups excluding carboxylic acids is 1. The van der Waals surface area contributed by atoms with Crippen molar-refractivity contribution in [1.82, 2.24) is 5.32 Å². The highest BCUT2D eigenvalue weighted by molar-refractivity contribution is 7.92. The molecule has 2 N–H and O–H groups in total. The molecule has 1 atom stereocenters. The first-order valence-electron chi connectivity index (χ1n) is 10.9. The summed E-state index contributed by atoms with van der Waals surface area (Å²) < 4.78 is 38.5. The molecule has 3 aromatic rings. The molecule has 0 saturated heterocycles. The average molecular weight is 483 g/mol. The van der Waals surface area contributed by atoms with Gasteiger partial charge in [-0.3, -0.25) is 9.52 Å². The minimum atomic E-state index is -3.78. The first-order chi connectivity index (χ1) is 16.1. The van der Waals surface area contributed by atoms with E-state index >= 15 is 0 Å². The standard InChI is InChI=1S/C26H30N2O5S/c1-17-13-19(3)25(14-18(17)2)20(4)27-26(29)16-33-22-9-11-24(12-10-22)34(30,31)28-21-7-6-8-23(15-21)32-5/h6-15,20,28H,16H2,1-5H3,(H,27,29). The van der Waals surface area contributed by atoms with E-state index in [0.29, 0.717) is 17.2 Å². The Morgan fingerprint density at radius 1 is 0.912 bits per heavy atom. The summed E-state index contributed by atoms with van der Waals surface area (Å²) in [5.74, 6) is 0.677. The van der Waals surface area contributed by atoms with Crippen LogP contribution < -0.4 is 19.5 Å². The highest BCUT2D eigenvalue weighted by Crippen LogP contribution is 2.23. The Bertz CT molecular complexity index is 1270. The minimum absolute atomic E-state index is 0.0750. The van der Waals surface area contributed by atoms with Crippen LogP contribution in [0.4, 0.5) is 5.69 Å². The van der Waals surface area contributed by atoms with Crippen molar-refractivity contribution in [1.29, 1.82) is 0 Å². The molecule has 1 unspecified atom stereocenters. The van der Waals surface area contributed by atoms with E-state index in [-0.39, 0.29) is 23.5 Å². The molecule has 0 aliphatic heterocycles. The Morgan fingerprint density at radius 3 is 2.26 bits per heavy atom. The van der Waals surface area contributed by atoms with Crippen LogP contribution in [-0.4, -0.2) is 28.0 Å². The van der Waals surface area contributed by atoms with E-state index < -0.39 is 10.0 Å². The van der Waals surface area contributed by atoms with Gasteiger partial charge in [-0.05, 0) is 86.3 Å². The highest BCUT2D eigenvalue weighted by atomic mass is 32.2. The number of rotatable bonds is 9. The van der Waals surface area contributed by atoms with Gasteiger partial charge in [0.15, 0.2) is 6.61 Å². The summed E-state index contributed by atoms with van der Waals surface area (Å²) in [5.41, 5.74) is 4.97. The summed E-state index contributed by atoms with van der Waals surface area (Å²) in [6.45, 7) is 7.90. The number of anilines is 1. The SMILES string of the molecule is COc1cccc(NS(=O)(=O)c2ccc(OCC(=O)NC(C)c3cc(C)c(C)cc3C)cc2)c1. The number of amides is 1. The zero-order valence-corrected chi connectivity index (χ0v) is 20.8. The van der Waals surface area contributed by atoms with Crippen LogP contribution in [0.3, 0.4) is 0 Å². The van der Waals surface area contributed by atoms with E-state index in [9.17, 15) is 13.2 Å². The lowest BCUT2D eigenvalue weighted by molar-refractivity contribution is -0.123. The van der Waals surface area contributed by atoms with Crippen LogP contribution in [0.1, 0.15) is 35.2 Å². The number of sulfonamides is 1. The zero-order chi connectivity index (χ0) is 24.9. The van der Waals surface area contributed by atoms with Crippen molar-refractivity contribution in [3.8, 4) is 11.5 Å². The molecule has 0 radical (unpaired) electrons. The van der Waals surface area contributed by atoms with Gasteiger partial charge in [-0.25, -0.2) is 8.42 Å². The number of nitrogens with one attached hydrogen (secondary N) is 2. The number of ether oxygens (including phenoxy) is 2. The average Bonchev–Trinajstić information content (AvgIpc) is 2.80. The number of hydrogen-bond donors (Lipinski definition) is 2. The molecule has 0 aliphatic rings. The van der Waals surface area contributed by atoms with Gasteiger partial charge in [-0.1, -0.05) is 18.2 Å². The van der Waals surface area contributed by atoms with E-state index in [1.807, 2.05) is 20.8 Å². The van der Waals surface area contributed by atoms with E-state index in [1.165, 1.54) is 42.5 Å². The lowest BCUT2D eigenvalue weighted by atomic mass is 9.96. The molecular weight excluding hydrogens is 452 g/mol. The summed E-state index contributed by atoms with van der Waals surface area (Å²) in [7, 11) is -2.27. The van der Waals surface area contributed by atoms with Crippen LogP contribution in [0.5, 0.6) is 11.5 Å². The number of hydrogen-bond acceptors (Lipinski definition) is 5. The normalized spacial score (nSPS) is 12.0. The second kappa shape index (κ2) is 10.6. The third kappa shape index (κ3) is 6.29. The topological polar surface area (TPSA) is 93.7 Å². The van der Waals surface area contributed by atoms with E-state index in [0.717, 1.165) is 11.1 Å². The molecule has 1 amide bonds. The first-order valence-corrected chi connectivity index (χ1v) is 12.3. The van der Waals surface area contributed by atoms with Crippen LogP contribution in [0.15, 0.2) is 65.6 Å². The van der Waals surface area contributed by atoms with Crippen molar-refractivity contribution in [2.24, 2.45) is 0 Å². The third-order valence-corrected chi connectivity index (χ3v) is 6.95. The van der Waals surface area contributed by atoms with Crippen LogP contribution in [0.25, 0.3) is 0 Å². The van der Waals surface area contributed by atoms with Crippen molar-refractivity contribution in [2.75, 3.05) is 18.4 Å². The van der Waals surface area contributed by atoms with Gasteiger partial charge in [-0.2, -0.15) is 0 Å². The Morgan fingerprint density at radius 2 is 1.59 bits per heavy atom. The molecule has 0 bridgehead atoms. The van der Waals surface area contributed by atoms with E-state index in [2.05, 4.69) is 29.1 Å². The molecule has 0 fully saturated rings. The quantitative estimate of drug-likeness (QED) is 0.462. The van der Waals surface area contributed by atoms with E-state index in [4.69, 9.17) is 9.47 Å². The third-order valence-electron chi connectivity index (χ3n) is 5.55. The second-order valence-corrected chi connectivity index (χ2v) is 9.86. The molecule has 34 heavy (non-hydrogen) atoms. The largest absolute Gasteiger partial charge is 0.497 e. The number of aryl methyl sites for hydroxylation is 3. The lowest BCUT2D eigenvalue weighted by Gasteiger charge is -2.18. The minimum Gasteiger partial charge on any atom is -0.497 e. The maximum Gasteiger partial charge on any atom is 0.261 e. The Labute approximate surface area is 201 Å². The number of methoxy groups -OCH3 is 1. The molecule has 8 heteroatoms. The molecule has 0 spiro atoms. The Kier molecular flexibility index (Phi) is 7.83. The van der Waals surface area contributed by atoms with Gasteiger partial charge in [-0.15, -0.1) is 0 Å². The summed E-state index contributed by atoms with van der Waals surface area (Å²) in [4.78, 5) is 12.5. The van der Waals surface area contributed by atoms with Crippen LogP contribution in [-0.2, 0) is 14.8 Å². The van der Waals surface area contributed by atoms with Crippen molar-refractivity contribution >= 4 is 21.6 Å². The van der Waals surface area contributed by atoms with Crippen LogP contribution >= 0.6 is 0 Å². The molecule has 0 aliphatic carbocycles. The molecule has 0 aromatic heterocycles. The monoisotopic (exact) mass is 482 g/mol. The zero-order valence-electron chi connectivity index (χ0n) is 20.0. The van der Waals surface area contributed by atoms with Gasteiger partial charge in [0.25, 0.3) is 15.9 Å². The van der Waals surface area contributed by atoms with Gasteiger partial charge < -0.3 is 14.8 Å². The van der Waals surface area contributed by atoms with Crippen molar-refractivity contribution < 1.29 is 22.7 Å². The molecule has 7 nitrogen and oxygen atoms in total. The number of carbonyl (C=O) groups is 1. The number of benzene rings is 3. The van der Waals surface area contributed by atoms with Gasteiger partial charge in [0, 0.05) is 6.07 Å². The summed E-state index contributed by atoms with van der Waals surface area (Å²) >= 11 is 0. The fourth-order valence-electron chi connectivity index (χ4n) is 3.57. The lowest BCUT2D eigenvalue weighted by Crippen LogP contribution is -2.31. The maximum atomic E-state index is 12.7. The van der Waals surface area contributed by atoms with Gasteiger partial charge in [0.05, 0.1) is 23.7 Å². The summed E-state index contributed by atoms with van der Waals surface area (Å²) in [5, 5.41) is 2.95. The van der Waals surface area contributed by atoms with E-state index in [1.54, 1.807) is 24.3 Å². The van der Waals surface area contributed by atoms with Crippen molar-refractivity contribution in [2.45, 2.75) is 38.6 Å². The predicted octanol–water partition coefficient (Wildman–Crippen LogP) is 4.68. The molecule has 3 rings (SSSR count). The van der Waals surface area contributed by atoms with Crippen LogP contribution in [0, 0.1) is 20.8 Å². The van der Waals surface area contributed by atoms with Gasteiger partial charge in [0.1, 0.15) is 11.5 Å². The molecule has 0 heterocycles. The predicted molar refractivity (Wildman–Crippen MR) is 133 cm³/mol. The maximum absolute atomic E-state index is 12.7. The van der Waals surface area contributed by atoms with Crippen molar-refractivity contribution in [3.05, 3.63) is 82.9 Å². The molecule has 180 valence electrons. The molecule has 0 saturated carbocycles. The highest BCUT2D eigenvalue weighted by Gasteiger charge is 2.16.